The first-order valence-electron chi connectivity index (χ1n) is 11.1. The van der Waals surface area contributed by atoms with Gasteiger partial charge in [0.05, 0.1) is 29.3 Å². The van der Waals surface area contributed by atoms with E-state index in [-0.39, 0.29) is 11.8 Å². The molecule has 2 amide bonds. The lowest BCUT2D eigenvalue weighted by molar-refractivity contribution is 0.0516. The number of carbonyl (C=O) groups is 2. The zero-order valence-corrected chi connectivity index (χ0v) is 18.6. The predicted octanol–water partition coefficient (Wildman–Crippen LogP) is 3.22. The van der Waals surface area contributed by atoms with Crippen molar-refractivity contribution in [1.82, 2.24) is 24.9 Å². The Morgan fingerprint density at radius 3 is 2.68 bits per heavy atom. The Bertz CT molecular complexity index is 937. The van der Waals surface area contributed by atoms with E-state index in [4.69, 9.17) is 4.74 Å². The van der Waals surface area contributed by atoms with Crippen LogP contribution in [-0.4, -0.2) is 43.7 Å². The molecule has 1 aliphatic carbocycles. The highest BCUT2D eigenvalue weighted by molar-refractivity contribution is 6.04. The number of alkyl carbamates (subject to hydrolysis) is 1. The highest BCUT2D eigenvalue weighted by Gasteiger charge is 2.26. The topological polar surface area (TPSA) is 103 Å². The van der Waals surface area contributed by atoms with E-state index < -0.39 is 11.7 Å². The van der Waals surface area contributed by atoms with Crippen molar-refractivity contribution in [1.29, 1.82) is 0 Å². The number of fused-ring (bicyclic) bond motifs is 1. The van der Waals surface area contributed by atoms with E-state index in [0.29, 0.717) is 30.1 Å². The first-order chi connectivity index (χ1) is 14.8. The summed E-state index contributed by atoms with van der Waals surface area (Å²) in [6.45, 7) is 7.66. The molecule has 2 aromatic rings. The summed E-state index contributed by atoms with van der Waals surface area (Å²) in [6, 6.07) is 0. The van der Waals surface area contributed by atoms with E-state index in [1.54, 1.807) is 12.4 Å². The fourth-order valence-corrected chi connectivity index (χ4v) is 4.07. The Labute approximate surface area is 182 Å². The maximum Gasteiger partial charge on any atom is 0.407 e. The lowest BCUT2D eigenvalue weighted by Crippen LogP contribution is -2.37. The van der Waals surface area contributed by atoms with Gasteiger partial charge in [0.1, 0.15) is 5.60 Å². The van der Waals surface area contributed by atoms with Gasteiger partial charge in [0.2, 0.25) is 0 Å². The number of nitrogens with one attached hydrogen (secondary N) is 2. The third-order valence-corrected chi connectivity index (χ3v) is 5.92. The van der Waals surface area contributed by atoms with Gasteiger partial charge in [0.25, 0.3) is 5.91 Å². The molecule has 1 saturated carbocycles. The van der Waals surface area contributed by atoms with Crippen LogP contribution in [-0.2, 0) is 24.2 Å². The first-order valence-corrected chi connectivity index (χ1v) is 11.1. The minimum absolute atomic E-state index is 0.176. The first kappa shape index (κ1) is 21.4. The van der Waals surface area contributed by atoms with Crippen LogP contribution in [0.5, 0.6) is 0 Å². The van der Waals surface area contributed by atoms with Crippen LogP contribution in [0.4, 0.5) is 10.5 Å². The molecule has 4 rings (SSSR count). The molecule has 9 nitrogen and oxygen atoms in total. The molecule has 3 heterocycles. The number of nitrogens with zero attached hydrogens (tertiary/aromatic N) is 4. The SMILES string of the molecule is CC(C)(C)OC(=O)NCC1CCn2ncc(C(=O)Nc3cnn(CC4CCC4)c3)c2C1. The Morgan fingerprint density at radius 2 is 1.97 bits per heavy atom. The fraction of sp³-hybridized carbons (Fsp3) is 0.636. The number of hydrogen-bond acceptors (Lipinski definition) is 5. The quantitative estimate of drug-likeness (QED) is 0.735. The summed E-state index contributed by atoms with van der Waals surface area (Å²) in [5, 5.41) is 14.5. The summed E-state index contributed by atoms with van der Waals surface area (Å²) in [6.07, 6.45) is 10.2. The second-order valence-electron chi connectivity index (χ2n) is 9.67. The summed E-state index contributed by atoms with van der Waals surface area (Å²) in [5.41, 5.74) is 1.66. The van der Waals surface area contributed by atoms with Crippen LogP contribution in [0.1, 0.15) is 62.5 Å². The molecule has 1 fully saturated rings. The molecule has 2 N–H and O–H groups in total. The molecular weight excluding hydrogens is 396 g/mol. The van der Waals surface area contributed by atoms with Gasteiger partial charge in [-0.05, 0) is 58.3 Å². The third-order valence-electron chi connectivity index (χ3n) is 5.92. The zero-order valence-electron chi connectivity index (χ0n) is 18.6. The highest BCUT2D eigenvalue weighted by Crippen LogP contribution is 2.28. The largest absolute Gasteiger partial charge is 0.444 e. The maximum atomic E-state index is 12.9. The average molecular weight is 429 g/mol. The normalized spacial score (nSPS) is 18.7. The molecule has 0 radical (unpaired) electrons. The second kappa shape index (κ2) is 8.72. The minimum atomic E-state index is -0.522. The minimum Gasteiger partial charge on any atom is -0.444 e. The molecule has 1 unspecified atom stereocenters. The summed E-state index contributed by atoms with van der Waals surface area (Å²) in [7, 11) is 0. The molecule has 0 bridgehead atoms. The van der Waals surface area contributed by atoms with Gasteiger partial charge in [0.15, 0.2) is 0 Å². The van der Waals surface area contributed by atoms with Crippen LogP contribution in [0.2, 0.25) is 0 Å². The summed E-state index contributed by atoms with van der Waals surface area (Å²) >= 11 is 0. The van der Waals surface area contributed by atoms with E-state index in [0.717, 1.165) is 25.2 Å². The molecule has 9 heteroatoms. The van der Waals surface area contributed by atoms with Crippen molar-refractivity contribution in [2.75, 3.05) is 11.9 Å². The van der Waals surface area contributed by atoms with Gasteiger partial charge in [-0.1, -0.05) is 6.42 Å². The van der Waals surface area contributed by atoms with Gasteiger partial charge in [-0.15, -0.1) is 0 Å². The third kappa shape index (κ3) is 5.45. The molecule has 1 aliphatic heterocycles. The Balaban J connectivity index is 1.33. The second-order valence-corrected chi connectivity index (χ2v) is 9.67. The molecule has 1 atom stereocenters. The number of amides is 2. The summed E-state index contributed by atoms with van der Waals surface area (Å²) in [5.74, 6) is 0.760. The van der Waals surface area contributed by atoms with E-state index in [9.17, 15) is 9.59 Å². The zero-order chi connectivity index (χ0) is 22.0. The summed E-state index contributed by atoms with van der Waals surface area (Å²) in [4.78, 5) is 24.8. The standard InChI is InChI=1S/C22H32N6O3/c1-22(2,3)31-21(30)23-10-16-7-8-28-19(9-16)18(12-25-28)20(29)26-17-11-24-27(14-17)13-15-5-4-6-15/h11-12,14-16H,4-10,13H2,1-3H3,(H,23,30)(H,26,29). The van der Waals surface area contributed by atoms with Gasteiger partial charge in [-0.3, -0.25) is 14.2 Å². The predicted molar refractivity (Wildman–Crippen MR) is 116 cm³/mol. The van der Waals surface area contributed by atoms with Crippen LogP contribution in [0.15, 0.2) is 18.6 Å². The van der Waals surface area contributed by atoms with Crippen LogP contribution in [0.3, 0.4) is 0 Å². The number of hydrogen-bond donors (Lipinski definition) is 2. The average Bonchev–Trinajstić information content (AvgIpc) is 3.28. The molecule has 168 valence electrons. The molecule has 2 aliphatic rings. The van der Waals surface area contributed by atoms with Crippen LogP contribution < -0.4 is 10.6 Å². The summed E-state index contributed by atoms with van der Waals surface area (Å²) < 4.78 is 9.10. The van der Waals surface area contributed by atoms with Gasteiger partial charge in [0, 0.05) is 25.8 Å². The number of anilines is 1. The smallest absolute Gasteiger partial charge is 0.407 e. The number of ether oxygens (including phenoxy) is 1. The highest BCUT2D eigenvalue weighted by atomic mass is 16.6. The van der Waals surface area contributed by atoms with Gasteiger partial charge in [-0.2, -0.15) is 10.2 Å². The van der Waals surface area contributed by atoms with Crippen molar-refractivity contribution in [3.05, 3.63) is 29.8 Å². The molecule has 0 aromatic carbocycles. The van der Waals surface area contributed by atoms with Crippen molar-refractivity contribution >= 4 is 17.7 Å². The number of carbonyl (C=O) groups excluding carboxylic acids is 2. The molecule has 31 heavy (non-hydrogen) atoms. The number of rotatable bonds is 6. The maximum absolute atomic E-state index is 12.9. The monoisotopic (exact) mass is 428 g/mol. The Hall–Kier alpha value is -2.84. The van der Waals surface area contributed by atoms with Crippen molar-refractivity contribution < 1.29 is 14.3 Å². The van der Waals surface area contributed by atoms with E-state index in [1.807, 2.05) is 36.3 Å². The molecule has 0 spiro atoms. The van der Waals surface area contributed by atoms with E-state index >= 15 is 0 Å². The Kier molecular flexibility index (Phi) is 6.02. The van der Waals surface area contributed by atoms with Gasteiger partial charge < -0.3 is 15.4 Å². The lowest BCUT2D eigenvalue weighted by atomic mass is 9.85. The number of aryl methyl sites for hydroxylation is 1. The van der Waals surface area contributed by atoms with Crippen LogP contribution in [0.25, 0.3) is 0 Å². The lowest BCUT2D eigenvalue weighted by Gasteiger charge is -2.25. The van der Waals surface area contributed by atoms with Crippen molar-refractivity contribution in [2.45, 2.75) is 71.6 Å². The van der Waals surface area contributed by atoms with Crippen LogP contribution in [0, 0.1) is 11.8 Å². The van der Waals surface area contributed by atoms with Crippen LogP contribution >= 0.6 is 0 Å². The molecular formula is C22H32N6O3. The Morgan fingerprint density at radius 1 is 1.16 bits per heavy atom. The van der Waals surface area contributed by atoms with E-state index in [2.05, 4.69) is 20.8 Å². The molecule has 2 aromatic heterocycles. The van der Waals surface area contributed by atoms with Crippen molar-refractivity contribution in [3.63, 3.8) is 0 Å². The fourth-order valence-electron chi connectivity index (χ4n) is 4.07. The van der Waals surface area contributed by atoms with Crippen molar-refractivity contribution in [3.8, 4) is 0 Å². The van der Waals surface area contributed by atoms with Crippen molar-refractivity contribution in [2.24, 2.45) is 11.8 Å². The van der Waals surface area contributed by atoms with Gasteiger partial charge >= 0.3 is 6.09 Å². The van der Waals surface area contributed by atoms with Gasteiger partial charge in [-0.25, -0.2) is 4.79 Å². The molecule has 0 saturated heterocycles. The van der Waals surface area contributed by atoms with E-state index in [1.165, 1.54) is 19.3 Å². The number of aromatic nitrogens is 4.